The molecule has 4 N–H and O–H groups in total. The van der Waals surface area contributed by atoms with Gasteiger partial charge in [-0.25, -0.2) is 4.98 Å². The second kappa shape index (κ2) is 3.31. The number of H-pyrrole nitrogens is 1. The van der Waals surface area contributed by atoms with E-state index in [0.29, 0.717) is 5.92 Å². The minimum atomic E-state index is 0.414. The van der Waals surface area contributed by atoms with E-state index in [1.54, 1.807) is 0 Å². The van der Waals surface area contributed by atoms with E-state index in [4.69, 9.17) is 5.84 Å². The smallest absolute Gasteiger partial charge is 0.109 e. The van der Waals surface area contributed by atoms with E-state index in [2.05, 4.69) is 29.2 Å². The van der Waals surface area contributed by atoms with Gasteiger partial charge in [0.05, 0.1) is 16.7 Å². The van der Waals surface area contributed by atoms with Crippen LogP contribution in [-0.4, -0.2) is 9.97 Å². The number of hydrogen-bond acceptors (Lipinski definition) is 3. The van der Waals surface area contributed by atoms with E-state index in [0.717, 1.165) is 22.5 Å². The second-order valence-electron chi connectivity index (χ2n) is 3.65. The average molecular weight is 190 g/mol. The first kappa shape index (κ1) is 9.02. The number of imidazole rings is 1. The predicted molar refractivity (Wildman–Crippen MR) is 58.0 cm³/mol. The molecular formula is C10H14N4. The van der Waals surface area contributed by atoms with Gasteiger partial charge in [-0.2, -0.15) is 0 Å². The number of fused-ring (bicyclic) bond motifs is 1. The van der Waals surface area contributed by atoms with Crippen LogP contribution in [0.15, 0.2) is 18.2 Å². The number of aromatic amines is 1. The van der Waals surface area contributed by atoms with Gasteiger partial charge in [-0.05, 0) is 18.2 Å². The van der Waals surface area contributed by atoms with E-state index >= 15 is 0 Å². The molecule has 0 radical (unpaired) electrons. The lowest BCUT2D eigenvalue weighted by Gasteiger charge is -1.97. The molecule has 0 atom stereocenters. The molecule has 74 valence electrons. The Hall–Kier alpha value is -1.55. The van der Waals surface area contributed by atoms with Crippen molar-refractivity contribution in [3.05, 3.63) is 24.0 Å². The normalized spacial score (nSPS) is 11.1. The van der Waals surface area contributed by atoms with Crippen LogP contribution in [0.5, 0.6) is 0 Å². The summed E-state index contributed by atoms with van der Waals surface area (Å²) in [6, 6.07) is 5.81. The zero-order valence-corrected chi connectivity index (χ0v) is 8.33. The van der Waals surface area contributed by atoms with Crippen molar-refractivity contribution in [2.24, 2.45) is 5.84 Å². The summed E-state index contributed by atoms with van der Waals surface area (Å²) in [6.07, 6.45) is 0. The van der Waals surface area contributed by atoms with Gasteiger partial charge in [0.1, 0.15) is 5.82 Å². The lowest BCUT2D eigenvalue weighted by molar-refractivity contribution is 0.799. The van der Waals surface area contributed by atoms with Gasteiger partial charge in [-0.3, -0.25) is 5.84 Å². The lowest BCUT2D eigenvalue weighted by Crippen LogP contribution is -2.05. The van der Waals surface area contributed by atoms with Crippen LogP contribution in [0, 0.1) is 0 Å². The Bertz CT molecular complexity index is 444. The molecule has 0 aliphatic rings. The Morgan fingerprint density at radius 2 is 2.21 bits per heavy atom. The first-order valence-corrected chi connectivity index (χ1v) is 4.67. The number of nitrogens with two attached hydrogens (primary N) is 1. The summed E-state index contributed by atoms with van der Waals surface area (Å²) in [4.78, 5) is 7.73. The minimum Gasteiger partial charge on any atom is -0.342 e. The quantitative estimate of drug-likeness (QED) is 0.501. The van der Waals surface area contributed by atoms with Crippen LogP contribution in [-0.2, 0) is 0 Å². The summed E-state index contributed by atoms with van der Waals surface area (Å²) in [5, 5.41) is 0. The third-order valence-corrected chi connectivity index (χ3v) is 2.21. The molecule has 0 spiro atoms. The predicted octanol–water partition coefficient (Wildman–Crippen LogP) is 1.97. The number of hydrazine groups is 1. The Morgan fingerprint density at radius 1 is 1.43 bits per heavy atom. The Balaban J connectivity index is 2.54. The molecule has 0 unspecified atom stereocenters. The number of hydrogen-bond donors (Lipinski definition) is 3. The molecular weight excluding hydrogens is 176 g/mol. The SMILES string of the molecule is CC(C)c1nc2ccc(NN)cc2[nH]1. The van der Waals surface area contributed by atoms with Crippen LogP contribution < -0.4 is 11.3 Å². The molecule has 0 bridgehead atoms. The fourth-order valence-corrected chi connectivity index (χ4v) is 1.39. The van der Waals surface area contributed by atoms with E-state index < -0.39 is 0 Å². The van der Waals surface area contributed by atoms with Crippen molar-refractivity contribution in [3.8, 4) is 0 Å². The summed E-state index contributed by atoms with van der Waals surface area (Å²) >= 11 is 0. The van der Waals surface area contributed by atoms with Crippen molar-refractivity contribution in [3.63, 3.8) is 0 Å². The summed E-state index contributed by atoms with van der Waals surface area (Å²) < 4.78 is 0. The molecule has 0 saturated carbocycles. The molecule has 4 nitrogen and oxygen atoms in total. The highest BCUT2D eigenvalue weighted by Crippen LogP contribution is 2.19. The number of nitrogens with zero attached hydrogens (tertiary/aromatic N) is 1. The minimum absolute atomic E-state index is 0.414. The highest BCUT2D eigenvalue weighted by Gasteiger charge is 2.05. The number of nitrogens with one attached hydrogen (secondary N) is 2. The summed E-state index contributed by atoms with van der Waals surface area (Å²) in [5.74, 6) is 6.75. The van der Waals surface area contributed by atoms with Crippen LogP contribution in [0.2, 0.25) is 0 Å². The fourth-order valence-electron chi connectivity index (χ4n) is 1.39. The van der Waals surface area contributed by atoms with Crippen molar-refractivity contribution in [1.29, 1.82) is 0 Å². The van der Waals surface area contributed by atoms with Gasteiger partial charge in [0.15, 0.2) is 0 Å². The third kappa shape index (κ3) is 1.44. The van der Waals surface area contributed by atoms with E-state index in [1.165, 1.54) is 0 Å². The molecule has 14 heavy (non-hydrogen) atoms. The van der Waals surface area contributed by atoms with Gasteiger partial charge in [0.25, 0.3) is 0 Å². The molecule has 2 aromatic rings. The van der Waals surface area contributed by atoms with Crippen LogP contribution in [0.25, 0.3) is 11.0 Å². The maximum Gasteiger partial charge on any atom is 0.109 e. The van der Waals surface area contributed by atoms with Crippen molar-refractivity contribution < 1.29 is 0 Å². The molecule has 0 amide bonds. The second-order valence-corrected chi connectivity index (χ2v) is 3.65. The topological polar surface area (TPSA) is 66.7 Å². The Morgan fingerprint density at radius 3 is 2.86 bits per heavy atom. The van der Waals surface area contributed by atoms with Crippen LogP contribution in [0.1, 0.15) is 25.6 Å². The molecule has 1 aromatic heterocycles. The maximum atomic E-state index is 5.32. The van der Waals surface area contributed by atoms with Crippen LogP contribution in [0.4, 0.5) is 5.69 Å². The summed E-state index contributed by atoms with van der Waals surface area (Å²) in [7, 11) is 0. The molecule has 0 fully saturated rings. The molecule has 1 aromatic carbocycles. The van der Waals surface area contributed by atoms with Crippen molar-refractivity contribution >= 4 is 16.7 Å². The number of anilines is 1. The molecule has 4 heteroatoms. The lowest BCUT2D eigenvalue weighted by atomic mass is 10.2. The molecule has 0 saturated heterocycles. The zero-order chi connectivity index (χ0) is 10.1. The Kier molecular flexibility index (Phi) is 2.13. The first-order valence-electron chi connectivity index (χ1n) is 4.67. The third-order valence-electron chi connectivity index (χ3n) is 2.21. The molecule has 1 heterocycles. The number of nitrogen functional groups attached to an aromatic ring is 1. The van der Waals surface area contributed by atoms with Gasteiger partial charge in [0, 0.05) is 5.92 Å². The van der Waals surface area contributed by atoms with Crippen LogP contribution in [0.3, 0.4) is 0 Å². The zero-order valence-electron chi connectivity index (χ0n) is 8.33. The monoisotopic (exact) mass is 190 g/mol. The van der Waals surface area contributed by atoms with E-state index in [9.17, 15) is 0 Å². The standard InChI is InChI=1S/C10H14N4/c1-6(2)10-12-8-4-3-7(14-11)5-9(8)13-10/h3-6,14H,11H2,1-2H3,(H,12,13). The van der Waals surface area contributed by atoms with Gasteiger partial charge in [0.2, 0.25) is 0 Å². The largest absolute Gasteiger partial charge is 0.342 e. The summed E-state index contributed by atoms with van der Waals surface area (Å²) in [6.45, 7) is 4.22. The highest BCUT2D eigenvalue weighted by molar-refractivity contribution is 5.79. The van der Waals surface area contributed by atoms with E-state index in [1.807, 2.05) is 18.2 Å². The van der Waals surface area contributed by atoms with Gasteiger partial charge in [-0.1, -0.05) is 13.8 Å². The number of rotatable bonds is 2. The summed E-state index contributed by atoms with van der Waals surface area (Å²) in [5.41, 5.74) is 5.49. The van der Waals surface area contributed by atoms with Crippen molar-refractivity contribution in [1.82, 2.24) is 9.97 Å². The maximum absolute atomic E-state index is 5.32. The number of benzene rings is 1. The van der Waals surface area contributed by atoms with Gasteiger partial charge < -0.3 is 10.4 Å². The fraction of sp³-hybridized carbons (Fsp3) is 0.300. The number of aromatic nitrogens is 2. The van der Waals surface area contributed by atoms with Gasteiger partial charge in [-0.15, -0.1) is 0 Å². The Labute approximate surface area is 82.5 Å². The average Bonchev–Trinajstić information content (AvgIpc) is 2.59. The molecule has 0 aliphatic heterocycles. The highest BCUT2D eigenvalue weighted by atomic mass is 15.2. The molecule has 0 aliphatic carbocycles. The van der Waals surface area contributed by atoms with Crippen LogP contribution >= 0.6 is 0 Å². The van der Waals surface area contributed by atoms with E-state index in [-0.39, 0.29) is 0 Å². The molecule has 2 rings (SSSR count). The van der Waals surface area contributed by atoms with Crippen molar-refractivity contribution in [2.45, 2.75) is 19.8 Å². The van der Waals surface area contributed by atoms with Crippen molar-refractivity contribution in [2.75, 3.05) is 5.43 Å². The first-order chi connectivity index (χ1) is 6.70. The van der Waals surface area contributed by atoms with Gasteiger partial charge >= 0.3 is 0 Å².